The molecular weight excluding hydrogens is 402 g/mol. The number of hydrogen-bond acceptors (Lipinski definition) is 7. The van der Waals surface area contributed by atoms with Crippen molar-refractivity contribution in [3.8, 4) is 0 Å². The summed E-state index contributed by atoms with van der Waals surface area (Å²) in [7, 11) is 0. The van der Waals surface area contributed by atoms with Gasteiger partial charge in [-0.2, -0.15) is 0 Å². The maximum Gasteiger partial charge on any atom is 0.327 e. The van der Waals surface area contributed by atoms with Crippen LogP contribution in [-0.4, -0.2) is 35.2 Å². The van der Waals surface area contributed by atoms with Gasteiger partial charge < -0.3 is 14.6 Å². The Morgan fingerprint density at radius 1 is 1.23 bits per heavy atom. The highest BCUT2D eigenvalue weighted by Gasteiger charge is 2.53. The minimum Gasteiger partial charge on any atom is -0.465 e. The molecule has 0 bridgehead atoms. The fourth-order valence-corrected chi connectivity index (χ4v) is 3.68. The Labute approximate surface area is 181 Å². The predicted octanol–water partition coefficient (Wildman–Crippen LogP) is 3.82. The molecule has 166 valence electrons. The van der Waals surface area contributed by atoms with Gasteiger partial charge in [-0.25, -0.2) is 0 Å². The fourth-order valence-electron chi connectivity index (χ4n) is 3.68. The van der Waals surface area contributed by atoms with Gasteiger partial charge >= 0.3 is 11.9 Å². The Morgan fingerprint density at radius 2 is 1.74 bits per heavy atom. The van der Waals surface area contributed by atoms with Crippen LogP contribution >= 0.6 is 0 Å². The molecule has 8 heteroatoms. The zero-order valence-corrected chi connectivity index (χ0v) is 17.9. The first-order valence-electron chi connectivity index (χ1n) is 9.93. The molecular formula is C23H27NO7. The third-order valence-electron chi connectivity index (χ3n) is 5.29. The van der Waals surface area contributed by atoms with Gasteiger partial charge in [-0.15, -0.1) is 0 Å². The molecule has 0 aliphatic heterocycles. The SMILES string of the molecule is C=C(C)C1=CC(C(=O)OCC)(C(=O)OCC)C[C@H]([C@H](O)c2ccc([N+](=O)[O-])cc2)C1=C. The van der Waals surface area contributed by atoms with E-state index in [2.05, 4.69) is 13.2 Å². The van der Waals surface area contributed by atoms with Gasteiger partial charge in [-0.3, -0.25) is 19.7 Å². The highest BCUT2D eigenvalue weighted by Crippen LogP contribution is 2.48. The zero-order chi connectivity index (χ0) is 23.3. The van der Waals surface area contributed by atoms with Crippen LogP contribution in [0.3, 0.4) is 0 Å². The van der Waals surface area contributed by atoms with Gasteiger partial charge in [0, 0.05) is 18.1 Å². The monoisotopic (exact) mass is 429 g/mol. The number of nitro benzene ring substituents is 1. The van der Waals surface area contributed by atoms with Crippen molar-refractivity contribution in [2.24, 2.45) is 11.3 Å². The van der Waals surface area contributed by atoms with Crippen LogP contribution in [0.5, 0.6) is 0 Å². The number of non-ortho nitro benzene ring substituents is 1. The second-order valence-corrected chi connectivity index (χ2v) is 7.38. The van der Waals surface area contributed by atoms with Crippen LogP contribution in [0.15, 0.2) is 60.2 Å². The van der Waals surface area contributed by atoms with Gasteiger partial charge in [0.1, 0.15) is 0 Å². The second-order valence-electron chi connectivity index (χ2n) is 7.38. The number of rotatable bonds is 8. The Kier molecular flexibility index (Phi) is 7.51. The smallest absolute Gasteiger partial charge is 0.327 e. The van der Waals surface area contributed by atoms with Crippen molar-refractivity contribution >= 4 is 17.6 Å². The Hall–Kier alpha value is -3.26. The lowest BCUT2D eigenvalue weighted by Crippen LogP contribution is -2.45. The van der Waals surface area contributed by atoms with Gasteiger partial charge in [0.05, 0.1) is 24.2 Å². The molecule has 2 rings (SSSR count). The number of ether oxygens (including phenoxy) is 2. The molecule has 8 nitrogen and oxygen atoms in total. The average molecular weight is 429 g/mol. The number of carbonyl (C=O) groups excluding carboxylic acids is 2. The largest absolute Gasteiger partial charge is 0.465 e. The third kappa shape index (κ3) is 4.74. The molecule has 31 heavy (non-hydrogen) atoms. The highest BCUT2D eigenvalue weighted by atomic mass is 16.6. The number of carbonyl (C=O) groups is 2. The molecule has 0 fully saturated rings. The first-order chi connectivity index (χ1) is 14.6. The second kappa shape index (κ2) is 9.70. The molecule has 0 spiro atoms. The first kappa shape index (κ1) is 24.0. The van der Waals surface area contributed by atoms with E-state index in [-0.39, 0.29) is 25.3 Å². The number of allylic oxidation sites excluding steroid dienone is 2. The van der Waals surface area contributed by atoms with Gasteiger partial charge in [0.2, 0.25) is 0 Å². The van der Waals surface area contributed by atoms with Crippen LogP contribution in [0.2, 0.25) is 0 Å². The summed E-state index contributed by atoms with van der Waals surface area (Å²) in [5, 5.41) is 22.0. The van der Waals surface area contributed by atoms with Crippen LogP contribution < -0.4 is 0 Å². The van der Waals surface area contributed by atoms with Crippen molar-refractivity contribution in [2.45, 2.75) is 33.3 Å². The van der Waals surface area contributed by atoms with E-state index in [1.165, 1.54) is 30.3 Å². The molecule has 0 aromatic heterocycles. The summed E-state index contributed by atoms with van der Waals surface area (Å²) in [5.74, 6) is -2.31. The summed E-state index contributed by atoms with van der Waals surface area (Å²) in [6.07, 6.45) is 0.157. The topological polar surface area (TPSA) is 116 Å². The predicted molar refractivity (Wildman–Crippen MR) is 114 cm³/mol. The van der Waals surface area contributed by atoms with E-state index in [0.29, 0.717) is 22.3 Å². The molecule has 0 radical (unpaired) electrons. The molecule has 1 aliphatic carbocycles. The summed E-state index contributed by atoms with van der Waals surface area (Å²) in [4.78, 5) is 36.3. The van der Waals surface area contributed by atoms with Gasteiger partial charge in [-0.1, -0.05) is 18.7 Å². The van der Waals surface area contributed by atoms with E-state index >= 15 is 0 Å². The molecule has 1 aliphatic rings. The minimum atomic E-state index is -1.77. The molecule has 2 atom stereocenters. The van der Waals surface area contributed by atoms with E-state index < -0.39 is 34.3 Å². The summed E-state index contributed by atoms with van der Waals surface area (Å²) >= 11 is 0. The van der Waals surface area contributed by atoms with Gasteiger partial charge in [0.15, 0.2) is 5.41 Å². The van der Waals surface area contributed by atoms with E-state index in [9.17, 15) is 24.8 Å². The number of nitro groups is 1. The average Bonchev–Trinajstić information content (AvgIpc) is 2.73. The van der Waals surface area contributed by atoms with E-state index in [1.807, 2.05) is 0 Å². The van der Waals surface area contributed by atoms with Gasteiger partial charge in [-0.05, 0) is 62.1 Å². The molecule has 1 aromatic rings. The van der Waals surface area contributed by atoms with E-state index in [1.54, 1.807) is 20.8 Å². The fraction of sp³-hybridized carbons (Fsp3) is 0.391. The highest BCUT2D eigenvalue weighted by molar-refractivity contribution is 6.03. The van der Waals surface area contributed by atoms with E-state index in [4.69, 9.17) is 9.47 Å². The molecule has 0 saturated heterocycles. The minimum absolute atomic E-state index is 0.0623. The Balaban J connectivity index is 2.58. The number of aliphatic hydroxyl groups is 1. The molecule has 0 unspecified atom stereocenters. The normalized spacial score (nSPS) is 18.5. The van der Waals surface area contributed by atoms with Crippen molar-refractivity contribution in [3.63, 3.8) is 0 Å². The number of aliphatic hydroxyl groups excluding tert-OH is 1. The summed E-state index contributed by atoms with van der Waals surface area (Å²) < 4.78 is 10.4. The number of esters is 2. The zero-order valence-electron chi connectivity index (χ0n) is 17.9. The molecule has 0 heterocycles. The number of hydrogen-bond donors (Lipinski definition) is 1. The standard InChI is InChI=1S/C23H27NO7/c1-6-30-21(26)23(22(27)31-7-2)12-18(14(3)4)15(5)19(13-23)20(25)16-8-10-17(11-9-16)24(28)29/h8-12,19-20,25H,3,5-7,13H2,1-2,4H3/t19-,20+/m0/s1. The van der Waals surface area contributed by atoms with Crippen LogP contribution in [-0.2, 0) is 19.1 Å². The Morgan fingerprint density at radius 3 is 2.16 bits per heavy atom. The van der Waals surface area contributed by atoms with Crippen LogP contribution in [0.1, 0.15) is 38.9 Å². The van der Waals surface area contributed by atoms with Crippen molar-refractivity contribution in [2.75, 3.05) is 13.2 Å². The summed E-state index contributed by atoms with van der Waals surface area (Å²) in [5.41, 5.74) is 0.0348. The lowest BCUT2D eigenvalue weighted by molar-refractivity contribution is -0.384. The summed E-state index contributed by atoms with van der Waals surface area (Å²) in [6.45, 7) is 13.1. The molecule has 1 N–H and O–H groups in total. The van der Waals surface area contributed by atoms with Crippen LogP contribution in [0.25, 0.3) is 0 Å². The van der Waals surface area contributed by atoms with Crippen molar-refractivity contribution in [1.82, 2.24) is 0 Å². The lowest BCUT2D eigenvalue weighted by Gasteiger charge is -2.39. The maximum atomic E-state index is 13.0. The lowest BCUT2D eigenvalue weighted by atomic mass is 9.66. The summed E-state index contributed by atoms with van der Waals surface area (Å²) in [6, 6.07) is 5.43. The molecule has 1 aromatic carbocycles. The van der Waals surface area contributed by atoms with Crippen LogP contribution in [0, 0.1) is 21.4 Å². The molecule has 0 saturated carbocycles. The van der Waals surface area contributed by atoms with Crippen molar-refractivity contribution in [3.05, 3.63) is 75.9 Å². The third-order valence-corrected chi connectivity index (χ3v) is 5.29. The van der Waals surface area contributed by atoms with Gasteiger partial charge in [0.25, 0.3) is 5.69 Å². The first-order valence-corrected chi connectivity index (χ1v) is 9.93. The Bertz CT molecular complexity index is 912. The quantitative estimate of drug-likeness (QED) is 0.289. The van der Waals surface area contributed by atoms with Crippen molar-refractivity contribution in [1.29, 1.82) is 0 Å². The number of benzene rings is 1. The molecule has 0 amide bonds. The van der Waals surface area contributed by atoms with Crippen molar-refractivity contribution < 1.29 is 29.1 Å². The van der Waals surface area contributed by atoms with Crippen LogP contribution in [0.4, 0.5) is 5.69 Å². The maximum absolute atomic E-state index is 13.0. The number of nitrogens with zero attached hydrogens (tertiary/aromatic N) is 1. The van der Waals surface area contributed by atoms with E-state index in [0.717, 1.165) is 0 Å².